The van der Waals surface area contributed by atoms with Crippen molar-refractivity contribution in [1.82, 2.24) is 4.98 Å². The number of nitrogens with two attached hydrogens (primary N) is 1. The molecule has 14 heavy (non-hydrogen) atoms. The molecule has 0 atom stereocenters. The third-order valence-electron chi connectivity index (χ3n) is 1.50. The van der Waals surface area contributed by atoms with Crippen molar-refractivity contribution in [3.05, 3.63) is 21.0 Å². The number of halogens is 4. The number of hydrogen-bond acceptors (Lipinski definition) is 3. The predicted molar refractivity (Wildman–Crippen MR) is 56.5 cm³/mol. The Kier molecular flexibility index (Phi) is 3.59. The monoisotopic (exact) mass is 332 g/mol. The van der Waals surface area contributed by atoms with Crippen molar-refractivity contribution < 1.29 is 13.6 Å². The molecule has 76 valence electrons. The van der Waals surface area contributed by atoms with Crippen LogP contribution in [0, 0.1) is 3.57 Å². The first-order valence-electron chi connectivity index (χ1n) is 3.37. The van der Waals surface area contributed by atoms with Crippen LogP contribution < -0.4 is 5.73 Å². The normalized spacial score (nSPS) is 10.6. The maximum Gasteiger partial charge on any atom is 0.281 e. The second-order valence-corrected chi connectivity index (χ2v) is 3.78. The van der Waals surface area contributed by atoms with Gasteiger partial charge < -0.3 is 5.73 Å². The van der Waals surface area contributed by atoms with Crippen LogP contribution in [0.4, 0.5) is 14.5 Å². The summed E-state index contributed by atoms with van der Waals surface area (Å²) in [7, 11) is 0. The minimum atomic E-state index is -2.72. The highest BCUT2D eigenvalue weighted by Crippen LogP contribution is 2.29. The topological polar surface area (TPSA) is 56.0 Å². The van der Waals surface area contributed by atoms with Gasteiger partial charge in [0.25, 0.3) is 11.7 Å². The number of nitrogens with zero attached hydrogens (tertiary/aromatic N) is 1. The average molecular weight is 332 g/mol. The highest BCUT2D eigenvalue weighted by Gasteiger charge is 2.19. The number of aromatic nitrogens is 1. The van der Waals surface area contributed by atoms with Gasteiger partial charge in [-0.2, -0.15) is 0 Å². The van der Waals surface area contributed by atoms with Gasteiger partial charge in [0.15, 0.2) is 0 Å². The molecule has 7 heteroatoms. The molecule has 0 aromatic carbocycles. The summed E-state index contributed by atoms with van der Waals surface area (Å²) in [5.74, 6) is 0. The highest BCUT2D eigenvalue weighted by molar-refractivity contribution is 14.1. The molecule has 0 amide bonds. The van der Waals surface area contributed by atoms with E-state index in [-0.39, 0.29) is 14.8 Å². The number of nitrogen functional groups attached to an aromatic ring is 1. The summed E-state index contributed by atoms with van der Waals surface area (Å²) in [6.45, 7) is 0. The molecule has 1 aromatic heterocycles. The van der Waals surface area contributed by atoms with Gasteiger partial charge in [0.2, 0.25) is 0 Å². The van der Waals surface area contributed by atoms with E-state index in [1.165, 1.54) is 0 Å². The molecule has 1 rings (SSSR count). The molecule has 0 radical (unpaired) electrons. The van der Waals surface area contributed by atoms with Crippen molar-refractivity contribution in [1.29, 1.82) is 0 Å². The van der Waals surface area contributed by atoms with Crippen LogP contribution in [-0.2, 0) is 0 Å². The summed E-state index contributed by atoms with van der Waals surface area (Å²) < 4.78 is 24.7. The molecule has 0 aliphatic rings. The van der Waals surface area contributed by atoms with E-state index in [0.29, 0.717) is 0 Å². The van der Waals surface area contributed by atoms with Gasteiger partial charge in [-0.25, -0.2) is 8.78 Å². The van der Waals surface area contributed by atoms with E-state index in [4.69, 9.17) is 17.3 Å². The summed E-state index contributed by atoms with van der Waals surface area (Å²) in [6.07, 6.45) is -1.77. The Balaban J connectivity index is 3.33. The van der Waals surface area contributed by atoms with Gasteiger partial charge in [0, 0.05) is 6.20 Å². The van der Waals surface area contributed by atoms with Crippen LogP contribution in [0.5, 0.6) is 0 Å². The van der Waals surface area contributed by atoms with Crippen LogP contribution in [0.3, 0.4) is 0 Å². The lowest BCUT2D eigenvalue weighted by molar-refractivity contribution is 0.108. The molecular formula is C7H4ClF2IN2O. The van der Waals surface area contributed by atoms with Crippen LogP contribution in [0.15, 0.2) is 6.20 Å². The van der Waals surface area contributed by atoms with Crippen LogP contribution in [-0.4, -0.2) is 10.2 Å². The zero-order chi connectivity index (χ0) is 10.9. The van der Waals surface area contributed by atoms with Gasteiger partial charge >= 0.3 is 0 Å². The van der Waals surface area contributed by atoms with Gasteiger partial charge in [-0.1, -0.05) is 0 Å². The Morgan fingerprint density at radius 3 is 2.64 bits per heavy atom. The molecule has 1 heterocycles. The molecule has 0 spiro atoms. The van der Waals surface area contributed by atoms with E-state index < -0.39 is 17.4 Å². The Labute approximate surface area is 96.8 Å². The molecule has 0 saturated carbocycles. The number of alkyl halides is 2. The fraction of sp³-hybridized carbons (Fsp3) is 0.143. The maximum absolute atomic E-state index is 12.3. The standard InChI is InChI=1S/C7H4ClF2IN2O/c8-6(14)2-1-13-5(7(9)10)3(11)4(2)12/h1,7H,(H2,12,13). The average Bonchev–Trinajstić information content (AvgIpc) is 2.08. The van der Waals surface area contributed by atoms with E-state index in [2.05, 4.69) is 4.98 Å². The predicted octanol–water partition coefficient (Wildman–Crippen LogP) is 2.58. The van der Waals surface area contributed by atoms with Crippen molar-refractivity contribution in [3.8, 4) is 0 Å². The van der Waals surface area contributed by atoms with Crippen molar-refractivity contribution in [2.75, 3.05) is 5.73 Å². The van der Waals surface area contributed by atoms with Crippen molar-refractivity contribution in [2.24, 2.45) is 0 Å². The summed E-state index contributed by atoms with van der Waals surface area (Å²) in [6, 6.07) is 0. The van der Waals surface area contributed by atoms with Gasteiger partial charge in [-0.05, 0) is 34.2 Å². The van der Waals surface area contributed by atoms with E-state index in [0.717, 1.165) is 6.20 Å². The minimum absolute atomic E-state index is 0.0551. The summed E-state index contributed by atoms with van der Waals surface area (Å²) in [4.78, 5) is 14.2. The van der Waals surface area contributed by atoms with E-state index in [9.17, 15) is 13.6 Å². The molecule has 0 aliphatic carbocycles. The van der Waals surface area contributed by atoms with Gasteiger partial charge in [0.1, 0.15) is 5.69 Å². The second-order valence-electron chi connectivity index (χ2n) is 2.36. The fourth-order valence-corrected chi connectivity index (χ4v) is 1.64. The SMILES string of the molecule is Nc1c(C(=O)Cl)cnc(C(F)F)c1I. The molecule has 0 unspecified atom stereocenters. The lowest BCUT2D eigenvalue weighted by Gasteiger charge is -2.07. The van der Waals surface area contributed by atoms with Crippen molar-refractivity contribution in [2.45, 2.75) is 6.43 Å². The second kappa shape index (κ2) is 4.35. The third kappa shape index (κ3) is 2.11. The summed E-state index contributed by atoms with van der Waals surface area (Å²) in [5, 5.41) is -0.811. The maximum atomic E-state index is 12.3. The Hall–Kier alpha value is -0.500. The number of pyridine rings is 1. The van der Waals surface area contributed by atoms with E-state index >= 15 is 0 Å². The van der Waals surface area contributed by atoms with Gasteiger partial charge in [-0.15, -0.1) is 0 Å². The lowest BCUT2D eigenvalue weighted by Crippen LogP contribution is -2.06. The third-order valence-corrected chi connectivity index (χ3v) is 2.84. The first-order chi connectivity index (χ1) is 6.45. The Morgan fingerprint density at radius 1 is 1.64 bits per heavy atom. The number of hydrogen-bond donors (Lipinski definition) is 1. The molecule has 0 bridgehead atoms. The number of carbonyl (C=O) groups is 1. The zero-order valence-electron chi connectivity index (χ0n) is 6.60. The molecule has 0 aliphatic heterocycles. The van der Waals surface area contributed by atoms with Crippen molar-refractivity contribution in [3.63, 3.8) is 0 Å². The molecule has 3 nitrogen and oxygen atoms in total. The quantitative estimate of drug-likeness (QED) is 0.669. The number of carbonyl (C=O) groups excluding carboxylic acids is 1. The Bertz CT molecular complexity index is 386. The summed E-state index contributed by atoms with van der Waals surface area (Å²) >= 11 is 6.76. The smallest absolute Gasteiger partial charge is 0.281 e. The van der Waals surface area contributed by atoms with Crippen molar-refractivity contribution >= 4 is 45.1 Å². The molecular weight excluding hydrogens is 328 g/mol. The largest absolute Gasteiger partial charge is 0.397 e. The fourth-order valence-electron chi connectivity index (χ4n) is 0.825. The number of rotatable bonds is 2. The van der Waals surface area contributed by atoms with E-state index in [1.54, 1.807) is 22.6 Å². The first kappa shape index (κ1) is 11.6. The molecule has 0 saturated heterocycles. The van der Waals surface area contributed by atoms with Crippen LogP contribution in [0.25, 0.3) is 0 Å². The van der Waals surface area contributed by atoms with E-state index in [1.807, 2.05) is 0 Å². The highest BCUT2D eigenvalue weighted by atomic mass is 127. The van der Waals surface area contributed by atoms with Gasteiger partial charge in [0.05, 0.1) is 14.8 Å². The summed E-state index contributed by atoms with van der Waals surface area (Å²) in [5.41, 5.74) is 4.88. The lowest BCUT2D eigenvalue weighted by atomic mass is 10.2. The molecule has 2 N–H and O–H groups in total. The van der Waals surface area contributed by atoms with Crippen LogP contribution in [0.1, 0.15) is 22.5 Å². The number of anilines is 1. The minimum Gasteiger partial charge on any atom is -0.397 e. The van der Waals surface area contributed by atoms with Crippen LogP contribution >= 0.6 is 34.2 Å². The van der Waals surface area contributed by atoms with Crippen LogP contribution in [0.2, 0.25) is 0 Å². The molecule has 1 aromatic rings. The first-order valence-corrected chi connectivity index (χ1v) is 4.82. The Morgan fingerprint density at radius 2 is 2.21 bits per heavy atom. The van der Waals surface area contributed by atoms with Gasteiger partial charge in [-0.3, -0.25) is 9.78 Å². The molecule has 0 fully saturated rings. The zero-order valence-corrected chi connectivity index (χ0v) is 9.51.